The standard InChI is InChI=1S/C22H21N5O2S/c1-13(2)27-21(24-12-25-27)22-26-20-15-10-14(16-11-23-8-6-17(16)28-3)4-5-18(15)29-9-7-19(20)30-22/h4-6,8,10-13H,7,9H2,1-3H3. The lowest BCUT2D eigenvalue weighted by atomic mass is 10.0. The molecule has 0 saturated heterocycles. The van der Waals surface area contributed by atoms with Gasteiger partial charge in [-0.2, -0.15) is 5.10 Å². The van der Waals surface area contributed by atoms with Crippen LogP contribution in [0.4, 0.5) is 0 Å². The number of hydrogen-bond acceptors (Lipinski definition) is 7. The van der Waals surface area contributed by atoms with Crippen molar-refractivity contribution < 1.29 is 9.47 Å². The molecule has 0 saturated carbocycles. The molecule has 1 aliphatic rings. The van der Waals surface area contributed by atoms with Crippen LogP contribution in [-0.2, 0) is 6.42 Å². The molecule has 3 aromatic heterocycles. The van der Waals surface area contributed by atoms with Gasteiger partial charge in [-0.3, -0.25) is 4.98 Å². The summed E-state index contributed by atoms with van der Waals surface area (Å²) in [5, 5.41) is 5.24. The number of nitrogens with zero attached hydrogens (tertiary/aromatic N) is 5. The molecule has 8 heteroatoms. The zero-order valence-corrected chi connectivity index (χ0v) is 17.8. The average molecular weight is 420 g/mol. The summed E-state index contributed by atoms with van der Waals surface area (Å²) in [5.74, 6) is 2.42. The third-order valence-corrected chi connectivity index (χ3v) is 6.20. The molecule has 0 atom stereocenters. The summed E-state index contributed by atoms with van der Waals surface area (Å²) in [6.07, 6.45) is 5.94. The number of ether oxygens (including phenoxy) is 2. The second-order valence-corrected chi connectivity index (χ2v) is 8.38. The molecule has 0 unspecified atom stereocenters. The van der Waals surface area contributed by atoms with Crippen molar-refractivity contribution in [2.45, 2.75) is 26.3 Å². The van der Waals surface area contributed by atoms with Crippen LogP contribution in [-0.4, -0.2) is 38.4 Å². The topological polar surface area (TPSA) is 75.0 Å². The van der Waals surface area contributed by atoms with E-state index in [1.807, 2.05) is 29.1 Å². The van der Waals surface area contributed by atoms with Gasteiger partial charge in [-0.1, -0.05) is 6.07 Å². The summed E-state index contributed by atoms with van der Waals surface area (Å²) >= 11 is 1.66. The van der Waals surface area contributed by atoms with Gasteiger partial charge in [0.2, 0.25) is 0 Å². The number of methoxy groups -OCH3 is 1. The van der Waals surface area contributed by atoms with E-state index in [1.165, 1.54) is 4.88 Å². The van der Waals surface area contributed by atoms with Gasteiger partial charge in [-0.25, -0.2) is 14.6 Å². The van der Waals surface area contributed by atoms with Crippen molar-refractivity contribution in [3.05, 3.63) is 47.9 Å². The molecule has 1 aliphatic heterocycles. The Hall–Kier alpha value is -3.26. The smallest absolute Gasteiger partial charge is 0.187 e. The van der Waals surface area contributed by atoms with Gasteiger partial charge in [-0.05, 0) is 37.6 Å². The zero-order valence-electron chi connectivity index (χ0n) is 17.0. The Bertz CT molecular complexity index is 1210. The molecule has 0 spiro atoms. The summed E-state index contributed by atoms with van der Waals surface area (Å²) in [6, 6.07) is 8.22. The van der Waals surface area contributed by atoms with Crippen molar-refractivity contribution in [1.29, 1.82) is 0 Å². The maximum absolute atomic E-state index is 6.02. The highest BCUT2D eigenvalue weighted by Crippen LogP contribution is 2.42. The first-order valence-corrected chi connectivity index (χ1v) is 10.6. The Morgan fingerprint density at radius 2 is 2.10 bits per heavy atom. The van der Waals surface area contributed by atoms with Crippen molar-refractivity contribution in [2.75, 3.05) is 13.7 Å². The molecule has 4 heterocycles. The molecule has 0 aliphatic carbocycles. The number of benzene rings is 1. The quantitative estimate of drug-likeness (QED) is 0.479. The van der Waals surface area contributed by atoms with E-state index in [2.05, 4.69) is 35.0 Å². The average Bonchev–Trinajstić information content (AvgIpc) is 3.38. The normalized spacial score (nSPS) is 12.8. The SMILES string of the molecule is COc1ccncc1-c1ccc2c(c1)-c1nc(-c3ncnn3C(C)C)sc1CCO2. The Labute approximate surface area is 178 Å². The van der Waals surface area contributed by atoms with Crippen molar-refractivity contribution >= 4 is 11.3 Å². The molecule has 152 valence electrons. The molecule has 0 fully saturated rings. The van der Waals surface area contributed by atoms with E-state index in [9.17, 15) is 0 Å². The highest BCUT2D eigenvalue weighted by Gasteiger charge is 2.24. The summed E-state index contributed by atoms with van der Waals surface area (Å²) in [7, 11) is 1.67. The number of fused-ring (bicyclic) bond motifs is 3. The minimum absolute atomic E-state index is 0.214. The summed E-state index contributed by atoms with van der Waals surface area (Å²) in [5.41, 5.74) is 3.87. The second kappa shape index (κ2) is 7.53. The van der Waals surface area contributed by atoms with E-state index in [0.717, 1.165) is 51.1 Å². The Balaban J connectivity index is 1.65. The van der Waals surface area contributed by atoms with Crippen molar-refractivity contribution in [1.82, 2.24) is 24.7 Å². The van der Waals surface area contributed by atoms with E-state index in [0.29, 0.717) is 6.61 Å². The van der Waals surface area contributed by atoms with Crippen LogP contribution in [0.5, 0.6) is 11.5 Å². The maximum atomic E-state index is 6.02. The molecule has 7 nitrogen and oxygen atoms in total. The molecule has 0 radical (unpaired) electrons. The number of thiazole rings is 1. The molecule has 0 amide bonds. The zero-order chi connectivity index (χ0) is 20.7. The van der Waals surface area contributed by atoms with Gasteiger partial charge in [0.05, 0.1) is 19.4 Å². The van der Waals surface area contributed by atoms with Gasteiger partial charge in [0.25, 0.3) is 0 Å². The molecular formula is C22H21N5O2S. The van der Waals surface area contributed by atoms with E-state index >= 15 is 0 Å². The van der Waals surface area contributed by atoms with Gasteiger partial charge in [-0.15, -0.1) is 11.3 Å². The Kier molecular flexibility index (Phi) is 4.71. The first-order valence-electron chi connectivity index (χ1n) is 9.81. The molecule has 5 rings (SSSR count). The summed E-state index contributed by atoms with van der Waals surface area (Å²) in [6.45, 7) is 4.80. The van der Waals surface area contributed by atoms with Crippen molar-refractivity contribution in [2.24, 2.45) is 0 Å². The van der Waals surface area contributed by atoms with Crippen LogP contribution in [0.25, 0.3) is 33.2 Å². The molecule has 4 aromatic rings. The predicted octanol–water partition coefficient (Wildman–Crippen LogP) is 4.66. The summed E-state index contributed by atoms with van der Waals surface area (Å²) < 4.78 is 13.4. The lowest BCUT2D eigenvalue weighted by Crippen LogP contribution is -2.04. The number of aromatic nitrogens is 5. The first kappa shape index (κ1) is 18.7. The third kappa shape index (κ3) is 3.13. The molecule has 30 heavy (non-hydrogen) atoms. The van der Waals surface area contributed by atoms with Crippen LogP contribution >= 0.6 is 11.3 Å². The predicted molar refractivity (Wildman–Crippen MR) is 116 cm³/mol. The second-order valence-electron chi connectivity index (χ2n) is 7.30. The van der Waals surface area contributed by atoms with Gasteiger partial charge < -0.3 is 9.47 Å². The molecule has 1 aromatic carbocycles. The van der Waals surface area contributed by atoms with Crippen molar-refractivity contribution in [3.8, 4) is 44.7 Å². The number of pyridine rings is 1. The van der Waals surface area contributed by atoms with Crippen LogP contribution in [0.2, 0.25) is 0 Å². The minimum Gasteiger partial charge on any atom is -0.496 e. The van der Waals surface area contributed by atoms with Crippen LogP contribution in [0.15, 0.2) is 43.0 Å². The van der Waals surface area contributed by atoms with E-state index < -0.39 is 0 Å². The lowest BCUT2D eigenvalue weighted by molar-refractivity contribution is 0.327. The van der Waals surface area contributed by atoms with Crippen molar-refractivity contribution in [3.63, 3.8) is 0 Å². The van der Waals surface area contributed by atoms with Crippen LogP contribution in [0, 0.1) is 0 Å². The fourth-order valence-electron chi connectivity index (χ4n) is 3.65. The van der Waals surface area contributed by atoms with E-state index in [-0.39, 0.29) is 6.04 Å². The largest absolute Gasteiger partial charge is 0.496 e. The van der Waals surface area contributed by atoms with Gasteiger partial charge in [0.1, 0.15) is 17.8 Å². The van der Waals surface area contributed by atoms with E-state index in [4.69, 9.17) is 14.5 Å². The van der Waals surface area contributed by atoms with Crippen LogP contribution in [0.3, 0.4) is 0 Å². The molecular weight excluding hydrogens is 398 g/mol. The maximum Gasteiger partial charge on any atom is 0.187 e. The monoisotopic (exact) mass is 419 g/mol. The van der Waals surface area contributed by atoms with E-state index in [1.54, 1.807) is 31.0 Å². The summed E-state index contributed by atoms with van der Waals surface area (Å²) in [4.78, 5) is 14.9. The Morgan fingerprint density at radius 3 is 2.93 bits per heavy atom. The first-order chi connectivity index (χ1) is 14.7. The molecule has 0 bridgehead atoms. The fraction of sp³-hybridized carbons (Fsp3) is 0.273. The fourth-order valence-corrected chi connectivity index (χ4v) is 4.69. The van der Waals surface area contributed by atoms with Gasteiger partial charge >= 0.3 is 0 Å². The number of rotatable bonds is 4. The highest BCUT2D eigenvalue weighted by atomic mass is 32.1. The lowest BCUT2D eigenvalue weighted by Gasteiger charge is -2.12. The van der Waals surface area contributed by atoms with Gasteiger partial charge in [0.15, 0.2) is 10.8 Å². The van der Waals surface area contributed by atoms with Crippen LogP contribution < -0.4 is 9.47 Å². The van der Waals surface area contributed by atoms with Crippen LogP contribution in [0.1, 0.15) is 24.8 Å². The molecule has 0 N–H and O–H groups in total. The minimum atomic E-state index is 0.214. The third-order valence-electron chi connectivity index (χ3n) is 5.08. The highest BCUT2D eigenvalue weighted by molar-refractivity contribution is 7.15. The van der Waals surface area contributed by atoms with Gasteiger partial charge in [0, 0.05) is 40.9 Å². The number of hydrogen-bond donors (Lipinski definition) is 0. The Morgan fingerprint density at radius 1 is 1.20 bits per heavy atom.